The fourth-order valence-corrected chi connectivity index (χ4v) is 3.05. The molecule has 0 unspecified atom stereocenters. The van der Waals surface area contributed by atoms with E-state index in [9.17, 15) is 9.59 Å². The Balaban J connectivity index is 2.21. The molecule has 21 heavy (non-hydrogen) atoms. The summed E-state index contributed by atoms with van der Waals surface area (Å²) >= 11 is 2.05. The first-order valence-corrected chi connectivity index (χ1v) is 8.06. The van der Waals surface area contributed by atoms with E-state index in [1.807, 2.05) is 11.9 Å². The quantitative estimate of drug-likeness (QED) is 0.572. The van der Waals surface area contributed by atoms with Crippen LogP contribution in [0.4, 0.5) is 0 Å². The molecule has 1 aliphatic heterocycles. The molecule has 0 aromatic heterocycles. The van der Waals surface area contributed by atoms with Crippen molar-refractivity contribution >= 4 is 34.5 Å². The van der Waals surface area contributed by atoms with Crippen LogP contribution in [0, 0.1) is 3.57 Å². The molecule has 1 aliphatic rings. The lowest BCUT2D eigenvalue weighted by Gasteiger charge is -2.32. The maximum absolute atomic E-state index is 12.6. The molecule has 0 bridgehead atoms. The van der Waals surface area contributed by atoms with Gasteiger partial charge in [0, 0.05) is 29.7 Å². The summed E-state index contributed by atoms with van der Waals surface area (Å²) < 4.78 is 5.69. The van der Waals surface area contributed by atoms with Crippen molar-refractivity contribution in [2.24, 2.45) is 0 Å². The molecule has 5 nitrogen and oxygen atoms in total. The van der Waals surface area contributed by atoms with Crippen molar-refractivity contribution in [2.45, 2.75) is 6.92 Å². The molecule has 1 aromatic rings. The third-order valence-electron chi connectivity index (χ3n) is 3.51. The zero-order valence-electron chi connectivity index (χ0n) is 12.3. The minimum Gasteiger partial charge on any atom is -0.462 e. The predicted octanol–water partition coefficient (Wildman–Crippen LogP) is 1.86. The first-order valence-electron chi connectivity index (χ1n) is 6.98. The van der Waals surface area contributed by atoms with Gasteiger partial charge in [-0.05, 0) is 48.7 Å². The number of carbonyl (C=O) groups is 2. The van der Waals surface area contributed by atoms with Crippen LogP contribution in [-0.4, -0.2) is 61.5 Å². The number of likely N-dealkylation sites (N-methyl/N-ethyl adjacent to an activating group) is 1. The van der Waals surface area contributed by atoms with Gasteiger partial charge in [-0.15, -0.1) is 0 Å². The van der Waals surface area contributed by atoms with Gasteiger partial charge in [-0.25, -0.2) is 4.79 Å². The average molecular weight is 402 g/mol. The number of carbonyl (C=O) groups excluding carboxylic acids is 2. The molecule has 0 spiro atoms. The Morgan fingerprint density at radius 2 is 1.81 bits per heavy atom. The Morgan fingerprint density at radius 1 is 1.19 bits per heavy atom. The van der Waals surface area contributed by atoms with Gasteiger partial charge in [0.25, 0.3) is 5.91 Å². The van der Waals surface area contributed by atoms with Gasteiger partial charge in [0.05, 0.1) is 17.7 Å². The van der Waals surface area contributed by atoms with Crippen LogP contribution >= 0.6 is 22.6 Å². The molecular weight excluding hydrogens is 383 g/mol. The van der Waals surface area contributed by atoms with Gasteiger partial charge in [-0.2, -0.15) is 0 Å². The summed E-state index contributed by atoms with van der Waals surface area (Å²) in [5.41, 5.74) is 1.03. The second kappa shape index (κ2) is 7.22. The van der Waals surface area contributed by atoms with Crippen molar-refractivity contribution in [3.05, 3.63) is 32.9 Å². The molecular formula is C15H19IN2O3. The number of hydrogen-bond donors (Lipinski definition) is 0. The Bertz CT molecular complexity index is 540. The van der Waals surface area contributed by atoms with Gasteiger partial charge in [-0.1, -0.05) is 6.07 Å². The smallest absolute Gasteiger partial charge is 0.339 e. The first-order chi connectivity index (χ1) is 10.0. The topological polar surface area (TPSA) is 49.9 Å². The van der Waals surface area contributed by atoms with Gasteiger partial charge in [0.1, 0.15) is 0 Å². The molecule has 0 saturated carbocycles. The SMILES string of the molecule is CCOC(=O)c1cccc(C(=O)N2CCN(C)CC2)c1I. The van der Waals surface area contributed by atoms with Crippen molar-refractivity contribution in [1.82, 2.24) is 9.80 Å². The average Bonchev–Trinajstić information content (AvgIpc) is 2.48. The number of amides is 1. The van der Waals surface area contributed by atoms with Crippen LogP contribution in [0.25, 0.3) is 0 Å². The van der Waals surface area contributed by atoms with Gasteiger partial charge in [-0.3, -0.25) is 4.79 Å². The minimum absolute atomic E-state index is 0.0151. The molecule has 1 aromatic carbocycles. The standard InChI is InChI=1S/C15H19IN2O3/c1-3-21-15(20)12-6-4-5-11(13(12)16)14(19)18-9-7-17(2)8-10-18/h4-6H,3,7-10H2,1-2H3. The Hall–Kier alpha value is -1.15. The van der Waals surface area contributed by atoms with E-state index in [0.29, 0.717) is 21.3 Å². The molecule has 1 amide bonds. The third-order valence-corrected chi connectivity index (χ3v) is 4.68. The predicted molar refractivity (Wildman–Crippen MR) is 88.5 cm³/mol. The van der Waals surface area contributed by atoms with Crippen LogP contribution in [0.15, 0.2) is 18.2 Å². The summed E-state index contributed by atoms with van der Waals surface area (Å²) in [7, 11) is 2.05. The lowest BCUT2D eigenvalue weighted by atomic mass is 10.1. The number of nitrogens with zero attached hydrogens (tertiary/aromatic N) is 2. The number of benzene rings is 1. The summed E-state index contributed by atoms with van der Waals surface area (Å²) in [6.45, 7) is 5.28. The first kappa shape index (κ1) is 16.2. The maximum atomic E-state index is 12.6. The highest BCUT2D eigenvalue weighted by Crippen LogP contribution is 2.20. The van der Waals surface area contributed by atoms with Crippen molar-refractivity contribution in [2.75, 3.05) is 39.8 Å². The van der Waals surface area contributed by atoms with Crippen LogP contribution in [0.3, 0.4) is 0 Å². The van der Waals surface area contributed by atoms with Crippen LogP contribution < -0.4 is 0 Å². The molecule has 114 valence electrons. The van der Waals surface area contributed by atoms with E-state index >= 15 is 0 Å². The fourth-order valence-electron chi connectivity index (χ4n) is 2.24. The van der Waals surface area contributed by atoms with Gasteiger partial charge >= 0.3 is 5.97 Å². The molecule has 0 aliphatic carbocycles. The van der Waals surface area contributed by atoms with Crippen molar-refractivity contribution in [3.8, 4) is 0 Å². The van der Waals surface area contributed by atoms with Crippen molar-refractivity contribution in [1.29, 1.82) is 0 Å². The number of rotatable bonds is 3. The summed E-state index contributed by atoms with van der Waals surface area (Å²) in [6.07, 6.45) is 0. The zero-order valence-corrected chi connectivity index (χ0v) is 14.4. The van der Waals surface area contributed by atoms with Gasteiger partial charge < -0.3 is 14.5 Å². The molecule has 1 heterocycles. The summed E-state index contributed by atoms with van der Waals surface area (Å²) in [5.74, 6) is -0.395. The largest absolute Gasteiger partial charge is 0.462 e. The number of hydrogen-bond acceptors (Lipinski definition) is 4. The van der Waals surface area contributed by atoms with Crippen LogP contribution in [0.5, 0.6) is 0 Å². The number of ether oxygens (including phenoxy) is 1. The fraction of sp³-hybridized carbons (Fsp3) is 0.467. The molecule has 0 N–H and O–H groups in total. The Kier molecular flexibility index (Phi) is 5.58. The van der Waals surface area contributed by atoms with E-state index < -0.39 is 0 Å². The van der Waals surface area contributed by atoms with Gasteiger partial charge in [0.15, 0.2) is 0 Å². The molecule has 1 saturated heterocycles. The monoisotopic (exact) mass is 402 g/mol. The normalized spacial score (nSPS) is 15.9. The van der Waals surface area contributed by atoms with E-state index in [0.717, 1.165) is 26.2 Å². The molecule has 1 fully saturated rings. The molecule has 0 atom stereocenters. The van der Waals surface area contributed by atoms with E-state index in [1.54, 1.807) is 25.1 Å². The van der Waals surface area contributed by atoms with E-state index in [1.165, 1.54) is 0 Å². The minimum atomic E-state index is -0.380. The lowest BCUT2D eigenvalue weighted by molar-refractivity contribution is 0.0525. The van der Waals surface area contributed by atoms with Gasteiger partial charge in [0.2, 0.25) is 0 Å². The maximum Gasteiger partial charge on any atom is 0.339 e. The van der Waals surface area contributed by atoms with E-state index in [-0.39, 0.29) is 11.9 Å². The highest BCUT2D eigenvalue weighted by atomic mass is 127. The van der Waals surface area contributed by atoms with Crippen LogP contribution in [-0.2, 0) is 4.74 Å². The van der Waals surface area contributed by atoms with E-state index in [4.69, 9.17) is 4.74 Å². The second-order valence-corrected chi connectivity index (χ2v) is 6.06. The summed E-state index contributed by atoms with van der Waals surface area (Å²) in [5, 5.41) is 0. The highest BCUT2D eigenvalue weighted by molar-refractivity contribution is 14.1. The Labute approximate surface area is 138 Å². The highest BCUT2D eigenvalue weighted by Gasteiger charge is 2.24. The summed E-state index contributed by atoms with van der Waals surface area (Å²) in [6, 6.07) is 5.20. The lowest BCUT2D eigenvalue weighted by Crippen LogP contribution is -2.47. The summed E-state index contributed by atoms with van der Waals surface area (Å²) in [4.78, 5) is 28.5. The number of halogens is 1. The number of esters is 1. The molecule has 0 radical (unpaired) electrons. The second-order valence-electron chi connectivity index (χ2n) is 4.98. The molecule has 6 heteroatoms. The van der Waals surface area contributed by atoms with Crippen LogP contribution in [0.2, 0.25) is 0 Å². The van der Waals surface area contributed by atoms with Crippen molar-refractivity contribution < 1.29 is 14.3 Å². The van der Waals surface area contributed by atoms with E-state index in [2.05, 4.69) is 27.5 Å². The van der Waals surface area contributed by atoms with Crippen LogP contribution in [0.1, 0.15) is 27.6 Å². The third kappa shape index (κ3) is 3.74. The Morgan fingerprint density at radius 3 is 2.43 bits per heavy atom. The zero-order chi connectivity index (χ0) is 15.4. The number of piperazine rings is 1. The van der Waals surface area contributed by atoms with Crippen molar-refractivity contribution in [3.63, 3.8) is 0 Å². The molecule has 2 rings (SSSR count).